The molecule has 96 valence electrons. The number of para-hydroxylation sites is 2. The van der Waals surface area contributed by atoms with Gasteiger partial charge in [-0.1, -0.05) is 47.1 Å². The first-order chi connectivity index (χ1) is 9.22. The van der Waals surface area contributed by atoms with Crippen LogP contribution < -0.4 is 0 Å². The van der Waals surface area contributed by atoms with Crippen molar-refractivity contribution in [2.24, 2.45) is 0 Å². The summed E-state index contributed by atoms with van der Waals surface area (Å²) in [6, 6.07) is 9.58. The molecular weight excluding hydrogens is 301 g/mol. The largest absolute Gasteiger partial charge is 0.333 e. The fraction of sp³-hybridized carbons (Fsp3) is 0.0769. The molecule has 0 fully saturated rings. The van der Waals surface area contributed by atoms with Gasteiger partial charge in [-0.3, -0.25) is 0 Å². The van der Waals surface area contributed by atoms with Gasteiger partial charge in [0.15, 0.2) is 5.16 Å². The Morgan fingerprint density at radius 2 is 2.05 bits per heavy atom. The van der Waals surface area contributed by atoms with Gasteiger partial charge in [0.25, 0.3) is 0 Å². The molecule has 0 bridgehead atoms. The lowest BCUT2D eigenvalue weighted by Gasteiger charge is -2.02. The zero-order valence-corrected chi connectivity index (χ0v) is 12.1. The van der Waals surface area contributed by atoms with Gasteiger partial charge in [-0.05, 0) is 23.8 Å². The van der Waals surface area contributed by atoms with Crippen LogP contribution in [0, 0.1) is 0 Å². The highest BCUT2D eigenvalue weighted by Gasteiger charge is 2.06. The lowest BCUT2D eigenvalue weighted by Crippen LogP contribution is -1.86. The molecule has 0 aliphatic heterocycles. The van der Waals surface area contributed by atoms with Crippen LogP contribution in [0.4, 0.5) is 0 Å². The van der Waals surface area contributed by atoms with E-state index in [0.29, 0.717) is 15.9 Å². The van der Waals surface area contributed by atoms with Gasteiger partial charge in [-0.25, -0.2) is 9.97 Å². The van der Waals surface area contributed by atoms with Crippen molar-refractivity contribution in [3.05, 3.63) is 52.3 Å². The van der Waals surface area contributed by atoms with Crippen LogP contribution in [-0.4, -0.2) is 15.0 Å². The van der Waals surface area contributed by atoms with E-state index in [1.54, 1.807) is 24.0 Å². The molecule has 6 heteroatoms. The Morgan fingerprint density at radius 3 is 2.84 bits per heavy atom. The molecule has 19 heavy (non-hydrogen) atoms. The Kier molecular flexibility index (Phi) is 3.64. The molecule has 1 aromatic carbocycles. The minimum atomic E-state index is 0.405. The summed E-state index contributed by atoms with van der Waals surface area (Å²) < 4.78 is 0. The quantitative estimate of drug-likeness (QED) is 0.569. The molecule has 2 aromatic heterocycles. The number of hydrogen-bond acceptors (Lipinski definition) is 3. The third kappa shape index (κ3) is 2.86. The number of rotatable bonds is 3. The number of aromatic amines is 1. The maximum Gasteiger partial charge on any atom is 0.166 e. The van der Waals surface area contributed by atoms with E-state index in [2.05, 4.69) is 15.0 Å². The predicted octanol–water partition coefficient (Wildman–Crippen LogP) is 4.56. The lowest BCUT2D eigenvalue weighted by atomic mass is 10.3. The van der Waals surface area contributed by atoms with E-state index in [-0.39, 0.29) is 0 Å². The first kappa shape index (κ1) is 12.8. The van der Waals surface area contributed by atoms with Crippen LogP contribution in [0.5, 0.6) is 0 Å². The molecule has 3 aromatic rings. The molecule has 3 rings (SSSR count). The smallest absolute Gasteiger partial charge is 0.166 e. The van der Waals surface area contributed by atoms with Gasteiger partial charge in [-0.2, -0.15) is 0 Å². The second kappa shape index (κ2) is 5.41. The van der Waals surface area contributed by atoms with Gasteiger partial charge < -0.3 is 4.98 Å². The number of H-pyrrole nitrogens is 1. The molecule has 0 amide bonds. The normalized spacial score (nSPS) is 11.1. The number of nitrogens with zero attached hydrogens (tertiary/aromatic N) is 2. The molecule has 1 N–H and O–H groups in total. The summed E-state index contributed by atoms with van der Waals surface area (Å²) in [6.45, 7) is 0. The second-order valence-electron chi connectivity index (χ2n) is 3.95. The Bertz CT molecular complexity index is 694. The van der Waals surface area contributed by atoms with Crippen LogP contribution in [0.25, 0.3) is 11.0 Å². The monoisotopic (exact) mass is 309 g/mol. The third-order valence-corrected chi connectivity index (χ3v) is 4.11. The van der Waals surface area contributed by atoms with Gasteiger partial charge in [0.05, 0.1) is 11.0 Å². The van der Waals surface area contributed by atoms with Crippen LogP contribution in [0.2, 0.25) is 10.2 Å². The average Bonchev–Trinajstić information content (AvgIpc) is 2.80. The van der Waals surface area contributed by atoms with Crippen molar-refractivity contribution in [1.82, 2.24) is 15.0 Å². The van der Waals surface area contributed by atoms with Crippen molar-refractivity contribution in [3.8, 4) is 0 Å². The molecule has 2 heterocycles. The molecule has 0 unspecified atom stereocenters. The number of aromatic nitrogens is 3. The fourth-order valence-electron chi connectivity index (χ4n) is 1.69. The Labute approximate surface area is 124 Å². The zero-order valence-electron chi connectivity index (χ0n) is 9.73. The van der Waals surface area contributed by atoms with Crippen LogP contribution >= 0.6 is 35.0 Å². The standard InChI is InChI=1S/C13H9Cl2N3S/c14-9-5-12(15)16-6-8(9)7-19-13-17-10-3-1-2-4-11(10)18-13/h1-6H,7H2,(H,17,18). The van der Waals surface area contributed by atoms with Crippen molar-refractivity contribution in [1.29, 1.82) is 0 Å². The molecule has 0 aliphatic carbocycles. The van der Waals surface area contributed by atoms with Crippen molar-refractivity contribution in [2.45, 2.75) is 10.9 Å². The SMILES string of the molecule is Clc1cc(Cl)c(CSc2nc3ccccc3[nH]2)cn1. The highest BCUT2D eigenvalue weighted by molar-refractivity contribution is 7.98. The van der Waals surface area contributed by atoms with Crippen molar-refractivity contribution in [3.63, 3.8) is 0 Å². The van der Waals surface area contributed by atoms with E-state index < -0.39 is 0 Å². The summed E-state index contributed by atoms with van der Waals surface area (Å²) in [5.41, 5.74) is 2.94. The molecule has 3 nitrogen and oxygen atoms in total. The van der Waals surface area contributed by atoms with Crippen LogP contribution in [0.1, 0.15) is 5.56 Å². The summed E-state index contributed by atoms with van der Waals surface area (Å²) >= 11 is 13.5. The number of fused-ring (bicyclic) bond motifs is 1. The van der Waals surface area contributed by atoms with Gasteiger partial charge in [0, 0.05) is 17.0 Å². The number of benzene rings is 1. The number of imidazole rings is 1. The van der Waals surface area contributed by atoms with Crippen molar-refractivity contribution >= 4 is 46.0 Å². The third-order valence-electron chi connectivity index (χ3n) is 2.63. The van der Waals surface area contributed by atoms with E-state index in [4.69, 9.17) is 23.2 Å². The molecule has 0 spiro atoms. The Hall–Kier alpha value is -1.23. The average molecular weight is 310 g/mol. The van der Waals surface area contributed by atoms with Gasteiger partial charge >= 0.3 is 0 Å². The summed E-state index contributed by atoms with van der Waals surface area (Å²) in [5.74, 6) is 0.697. The van der Waals surface area contributed by atoms with E-state index >= 15 is 0 Å². The molecule has 0 saturated carbocycles. The minimum absolute atomic E-state index is 0.405. The highest BCUT2D eigenvalue weighted by atomic mass is 35.5. The van der Waals surface area contributed by atoms with E-state index in [9.17, 15) is 0 Å². The Morgan fingerprint density at radius 1 is 1.21 bits per heavy atom. The Balaban J connectivity index is 1.78. The number of nitrogens with one attached hydrogen (secondary N) is 1. The predicted molar refractivity (Wildman–Crippen MR) is 79.9 cm³/mol. The highest BCUT2D eigenvalue weighted by Crippen LogP contribution is 2.27. The first-order valence-electron chi connectivity index (χ1n) is 5.60. The van der Waals surface area contributed by atoms with E-state index in [1.807, 2.05) is 24.3 Å². The van der Waals surface area contributed by atoms with E-state index in [1.165, 1.54) is 0 Å². The van der Waals surface area contributed by atoms with Crippen LogP contribution in [0.15, 0.2) is 41.7 Å². The summed E-state index contributed by atoms with van der Waals surface area (Å²) in [6.07, 6.45) is 1.69. The van der Waals surface area contributed by atoms with Crippen molar-refractivity contribution in [2.75, 3.05) is 0 Å². The number of halogens is 2. The lowest BCUT2D eigenvalue weighted by molar-refractivity contribution is 1.08. The minimum Gasteiger partial charge on any atom is -0.333 e. The van der Waals surface area contributed by atoms with Gasteiger partial charge in [0.2, 0.25) is 0 Å². The van der Waals surface area contributed by atoms with Crippen LogP contribution in [0.3, 0.4) is 0 Å². The fourth-order valence-corrected chi connectivity index (χ4v) is 3.07. The topological polar surface area (TPSA) is 41.6 Å². The molecular formula is C13H9Cl2N3S. The summed E-state index contributed by atoms with van der Waals surface area (Å²) in [5, 5.41) is 1.90. The van der Waals surface area contributed by atoms with Gasteiger partial charge in [0.1, 0.15) is 5.15 Å². The molecule has 0 radical (unpaired) electrons. The summed E-state index contributed by atoms with van der Waals surface area (Å²) in [4.78, 5) is 11.8. The van der Waals surface area contributed by atoms with E-state index in [0.717, 1.165) is 21.8 Å². The number of hydrogen-bond donors (Lipinski definition) is 1. The second-order valence-corrected chi connectivity index (χ2v) is 5.70. The number of pyridine rings is 1. The summed E-state index contributed by atoms with van der Waals surface area (Å²) in [7, 11) is 0. The van der Waals surface area contributed by atoms with Crippen molar-refractivity contribution < 1.29 is 0 Å². The molecule has 0 atom stereocenters. The zero-order chi connectivity index (χ0) is 13.2. The maximum atomic E-state index is 6.11. The first-order valence-corrected chi connectivity index (χ1v) is 7.34. The molecule has 0 aliphatic rings. The van der Waals surface area contributed by atoms with Gasteiger partial charge in [-0.15, -0.1) is 0 Å². The van der Waals surface area contributed by atoms with Crippen LogP contribution in [-0.2, 0) is 5.75 Å². The maximum absolute atomic E-state index is 6.11. The molecule has 0 saturated heterocycles. The number of thioether (sulfide) groups is 1.